The van der Waals surface area contributed by atoms with Crippen molar-refractivity contribution in [1.29, 1.82) is 0 Å². The van der Waals surface area contributed by atoms with E-state index >= 15 is 0 Å². The SMILES string of the molecule is NC(=O)c1csc(C(=O)N(C[C@@H]2CCCO2)[C@H]2CCSC2)c1. The van der Waals surface area contributed by atoms with Gasteiger partial charge >= 0.3 is 0 Å². The smallest absolute Gasteiger partial charge is 0.264 e. The summed E-state index contributed by atoms with van der Waals surface area (Å²) in [5.41, 5.74) is 5.69. The highest BCUT2D eigenvalue weighted by Crippen LogP contribution is 2.27. The second kappa shape index (κ2) is 7.02. The molecule has 120 valence electrons. The van der Waals surface area contributed by atoms with Crippen molar-refractivity contribution in [3.8, 4) is 0 Å². The highest BCUT2D eigenvalue weighted by Gasteiger charge is 2.31. The second-order valence-electron chi connectivity index (χ2n) is 5.67. The number of thiophene rings is 1. The Kier molecular flexibility index (Phi) is 5.05. The maximum absolute atomic E-state index is 12.9. The Morgan fingerprint density at radius 3 is 2.86 bits per heavy atom. The molecule has 0 bridgehead atoms. The Morgan fingerprint density at radius 1 is 1.41 bits per heavy atom. The molecule has 2 amide bonds. The van der Waals surface area contributed by atoms with Crippen molar-refractivity contribution in [3.05, 3.63) is 21.9 Å². The van der Waals surface area contributed by atoms with E-state index in [0.29, 0.717) is 17.0 Å². The summed E-state index contributed by atoms with van der Waals surface area (Å²) in [6.07, 6.45) is 3.25. The molecule has 2 aliphatic rings. The van der Waals surface area contributed by atoms with E-state index in [-0.39, 0.29) is 18.1 Å². The molecule has 22 heavy (non-hydrogen) atoms. The number of thioether (sulfide) groups is 1. The van der Waals surface area contributed by atoms with Gasteiger partial charge in [0.25, 0.3) is 5.91 Å². The lowest BCUT2D eigenvalue weighted by Crippen LogP contribution is -2.44. The molecule has 2 saturated heterocycles. The van der Waals surface area contributed by atoms with Gasteiger partial charge in [-0.3, -0.25) is 9.59 Å². The lowest BCUT2D eigenvalue weighted by Gasteiger charge is -2.30. The fourth-order valence-electron chi connectivity index (χ4n) is 2.89. The number of carbonyl (C=O) groups is 2. The minimum absolute atomic E-state index is 0.000463. The minimum Gasteiger partial charge on any atom is -0.376 e. The van der Waals surface area contributed by atoms with Crippen LogP contribution in [0.25, 0.3) is 0 Å². The fraction of sp³-hybridized carbons (Fsp3) is 0.600. The minimum atomic E-state index is -0.489. The fourth-order valence-corrected chi connectivity index (χ4v) is 4.97. The molecule has 0 aromatic carbocycles. The molecule has 0 aliphatic carbocycles. The van der Waals surface area contributed by atoms with Crippen LogP contribution in [0.15, 0.2) is 11.4 Å². The predicted octanol–water partition coefficient (Wildman–Crippen LogP) is 1.97. The van der Waals surface area contributed by atoms with E-state index in [1.165, 1.54) is 11.3 Å². The standard InChI is InChI=1S/C15H20N2O3S2/c16-14(18)10-6-13(22-8-10)15(19)17(11-3-5-21-9-11)7-12-2-1-4-20-12/h6,8,11-12H,1-5,7,9H2,(H2,16,18)/t11-,12-/m0/s1. The molecular formula is C15H20N2O3S2. The largest absolute Gasteiger partial charge is 0.376 e. The highest BCUT2D eigenvalue weighted by molar-refractivity contribution is 7.99. The van der Waals surface area contributed by atoms with Crippen LogP contribution >= 0.6 is 23.1 Å². The zero-order valence-corrected chi connectivity index (χ0v) is 14.0. The summed E-state index contributed by atoms with van der Waals surface area (Å²) < 4.78 is 5.70. The first-order valence-corrected chi connectivity index (χ1v) is 9.57. The van der Waals surface area contributed by atoms with E-state index in [9.17, 15) is 9.59 Å². The third kappa shape index (κ3) is 3.47. The zero-order chi connectivity index (χ0) is 15.5. The number of amides is 2. The lowest BCUT2D eigenvalue weighted by molar-refractivity contribution is 0.0445. The van der Waals surface area contributed by atoms with Crippen LogP contribution in [0.2, 0.25) is 0 Å². The van der Waals surface area contributed by atoms with Crippen molar-refractivity contribution in [2.75, 3.05) is 24.7 Å². The van der Waals surface area contributed by atoms with Gasteiger partial charge in [0, 0.05) is 30.3 Å². The Balaban J connectivity index is 1.76. The predicted molar refractivity (Wildman–Crippen MR) is 88.6 cm³/mol. The highest BCUT2D eigenvalue weighted by atomic mass is 32.2. The summed E-state index contributed by atoms with van der Waals surface area (Å²) in [5.74, 6) is 1.58. The topological polar surface area (TPSA) is 72.6 Å². The Labute approximate surface area is 138 Å². The van der Waals surface area contributed by atoms with Gasteiger partial charge in [-0.2, -0.15) is 11.8 Å². The molecule has 3 heterocycles. The van der Waals surface area contributed by atoms with E-state index in [4.69, 9.17) is 10.5 Å². The van der Waals surface area contributed by atoms with E-state index in [2.05, 4.69) is 0 Å². The summed E-state index contributed by atoms with van der Waals surface area (Å²) in [5, 5.41) is 1.66. The number of primary amides is 1. The van der Waals surface area contributed by atoms with Crippen molar-refractivity contribution in [1.82, 2.24) is 4.90 Å². The van der Waals surface area contributed by atoms with Gasteiger partial charge in [0.05, 0.1) is 16.5 Å². The molecule has 0 radical (unpaired) electrons. The quantitative estimate of drug-likeness (QED) is 0.889. The Hall–Kier alpha value is -1.05. The van der Waals surface area contributed by atoms with Crippen LogP contribution in [-0.2, 0) is 4.74 Å². The average molecular weight is 340 g/mol. The number of hydrogen-bond acceptors (Lipinski definition) is 5. The van der Waals surface area contributed by atoms with Crippen LogP contribution in [0.4, 0.5) is 0 Å². The second-order valence-corrected chi connectivity index (χ2v) is 7.73. The first kappa shape index (κ1) is 15.8. The van der Waals surface area contributed by atoms with E-state index < -0.39 is 5.91 Å². The summed E-state index contributed by atoms with van der Waals surface area (Å²) in [6, 6.07) is 1.88. The number of nitrogens with zero attached hydrogens (tertiary/aromatic N) is 1. The molecule has 1 aromatic rings. The van der Waals surface area contributed by atoms with Crippen molar-refractivity contribution < 1.29 is 14.3 Å². The molecule has 2 N–H and O–H groups in total. The number of rotatable bonds is 5. The number of nitrogens with two attached hydrogens (primary N) is 1. The van der Waals surface area contributed by atoms with Crippen LogP contribution in [0.1, 0.15) is 39.3 Å². The lowest BCUT2D eigenvalue weighted by atomic mass is 10.1. The molecule has 7 heteroatoms. The molecule has 5 nitrogen and oxygen atoms in total. The van der Waals surface area contributed by atoms with Crippen LogP contribution in [0.5, 0.6) is 0 Å². The normalized spacial score (nSPS) is 24.5. The van der Waals surface area contributed by atoms with Crippen molar-refractivity contribution in [3.63, 3.8) is 0 Å². The summed E-state index contributed by atoms with van der Waals surface area (Å²) >= 11 is 3.18. The van der Waals surface area contributed by atoms with Crippen LogP contribution in [0, 0.1) is 0 Å². The Morgan fingerprint density at radius 2 is 2.27 bits per heavy atom. The summed E-state index contributed by atoms with van der Waals surface area (Å²) in [6.45, 7) is 1.44. The van der Waals surface area contributed by atoms with E-state index in [1.54, 1.807) is 11.4 Å². The summed E-state index contributed by atoms with van der Waals surface area (Å²) in [4.78, 5) is 26.6. The first-order chi connectivity index (χ1) is 10.6. The maximum atomic E-state index is 12.9. The number of hydrogen-bond donors (Lipinski definition) is 1. The average Bonchev–Trinajstić information content (AvgIpc) is 3.24. The van der Waals surface area contributed by atoms with Crippen molar-refractivity contribution in [2.24, 2.45) is 5.73 Å². The molecule has 2 aliphatic heterocycles. The molecular weight excluding hydrogens is 320 g/mol. The van der Waals surface area contributed by atoms with Crippen LogP contribution in [-0.4, -0.2) is 53.5 Å². The molecule has 0 unspecified atom stereocenters. The van der Waals surface area contributed by atoms with Gasteiger partial charge in [0.2, 0.25) is 5.91 Å². The van der Waals surface area contributed by atoms with Gasteiger partial charge in [0.1, 0.15) is 0 Å². The van der Waals surface area contributed by atoms with Crippen LogP contribution in [0.3, 0.4) is 0 Å². The third-order valence-electron chi connectivity index (χ3n) is 4.13. The van der Waals surface area contributed by atoms with Gasteiger partial charge in [-0.15, -0.1) is 11.3 Å². The van der Waals surface area contributed by atoms with E-state index in [0.717, 1.165) is 37.4 Å². The molecule has 2 fully saturated rings. The van der Waals surface area contributed by atoms with E-state index in [1.807, 2.05) is 16.7 Å². The molecule has 1 aromatic heterocycles. The van der Waals surface area contributed by atoms with Gasteiger partial charge in [-0.1, -0.05) is 0 Å². The number of carbonyl (C=O) groups excluding carboxylic acids is 2. The first-order valence-electron chi connectivity index (χ1n) is 7.54. The van der Waals surface area contributed by atoms with Crippen molar-refractivity contribution >= 4 is 34.9 Å². The van der Waals surface area contributed by atoms with Gasteiger partial charge in [0.15, 0.2) is 0 Å². The molecule has 2 atom stereocenters. The molecule has 0 saturated carbocycles. The van der Waals surface area contributed by atoms with Gasteiger partial charge < -0.3 is 15.4 Å². The van der Waals surface area contributed by atoms with Crippen molar-refractivity contribution in [2.45, 2.75) is 31.4 Å². The monoisotopic (exact) mass is 340 g/mol. The third-order valence-corrected chi connectivity index (χ3v) is 6.19. The van der Waals surface area contributed by atoms with Crippen LogP contribution < -0.4 is 5.73 Å². The van der Waals surface area contributed by atoms with Gasteiger partial charge in [-0.05, 0) is 31.1 Å². The van der Waals surface area contributed by atoms with Gasteiger partial charge in [-0.25, -0.2) is 0 Å². The Bertz CT molecular complexity index is 549. The summed E-state index contributed by atoms with van der Waals surface area (Å²) in [7, 11) is 0. The molecule has 0 spiro atoms. The zero-order valence-electron chi connectivity index (χ0n) is 12.3. The number of ether oxygens (including phenoxy) is 1. The maximum Gasteiger partial charge on any atom is 0.264 e. The molecule has 3 rings (SSSR count).